The maximum Gasteiger partial charge on any atom is 0.318 e. The molecule has 0 radical (unpaired) electrons. The lowest BCUT2D eigenvalue weighted by Crippen LogP contribution is -2.63. The number of esters is 1. The zero-order valence-electron chi connectivity index (χ0n) is 26.0. The minimum Gasteiger partial charge on any atom is -0.462 e. The molecule has 240 valence electrons. The highest BCUT2D eigenvalue weighted by Crippen LogP contribution is 2.68. The number of anilines is 1. The number of para-hydroxylation sites is 1. The van der Waals surface area contributed by atoms with Gasteiger partial charge in [-0.05, 0) is 82.8 Å². The normalized spacial score (nSPS) is 40.9. The number of carbonyl (C=O) groups is 2. The first-order valence-electron chi connectivity index (χ1n) is 16.2. The molecule has 4 N–H and O–H groups in total. The summed E-state index contributed by atoms with van der Waals surface area (Å²) in [4.78, 5) is 31.2. The van der Waals surface area contributed by atoms with Gasteiger partial charge in [0.2, 0.25) is 0 Å². The number of fused-ring (bicyclic) bond motifs is 4. The van der Waals surface area contributed by atoms with E-state index in [4.69, 9.17) is 4.74 Å². The van der Waals surface area contributed by atoms with Gasteiger partial charge >= 0.3 is 5.97 Å². The molecule has 2 aliphatic carbocycles. The molecule has 7 rings (SSSR count). The van der Waals surface area contributed by atoms with Crippen molar-refractivity contribution in [3.63, 3.8) is 0 Å². The Bertz CT molecular complexity index is 1550. The first kappa shape index (κ1) is 31.1. The SMILES string of the molecule is C=C1CC[C@@H]2[C@](C)(CO)[C@H](O)CC[C@@]2(C)[C@@H]1CC1CN(Cc2ccccc2)[C@@]2(C(=O)Nc3c(Br)cccc32)[C@]12C(=O)OC[C@H]2O. The van der Waals surface area contributed by atoms with Gasteiger partial charge in [0.15, 0.2) is 0 Å². The van der Waals surface area contributed by atoms with E-state index in [0.29, 0.717) is 41.7 Å². The molecule has 2 aromatic rings. The van der Waals surface area contributed by atoms with Crippen molar-refractivity contribution in [3.05, 3.63) is 76.3 Å². The lowest BCUT2D eigenvalue weighted by atomic mass is 9.45. The topological polar surface area (TPSA) is 119 Å². The third-order valence-corrected chi connectivity index (χ3v) is 13.5. The van der Waals surface area contributed by atoms with Crippen LogP contribution in [-0.2, 0) is 26.4 Å². The Balaban J connectivity index is 1.40. The van der Waals surface area contributed by atoms with Crippen molar-refractivity contribution in [2.75, 3.05) is 25.1 Å². The standard InChI is InChI=1S/C36H43BrN2O6/c1-21-12-13-27-33(2,15-14-28(41)34(27,3)20-40)25(21)16-23-18-39(17-22-8-5-4-6-9-22)36(35(23)29(42)19-45-32(35)44)24-10-7-11-26(37)30(24)38-31(36)43/h4-11,23,25,27-29,40-42H,1,12-20H2,2-3H3,(H,38,43)/t23?,25-,27+,28-,29-,33+,34+,35-,36+/m1/s1. The first-order valence-corrected chi connectivity index (χ1v) is 17.0. The number of benzene rings is 2. The number of ether oxygens (including phenoxy) is 1. The molecule has 9 atom stereocenters. The summed E-state index contributed by atoms with van der Waals surface area (Å²) in [6.07, 6.45) is 1.65. The van der Waals surface area contributed by atoms with E-state index in [2.05, 4.69) is 39.6 Å². The average Bonchev–Trinajstić information content (AvgIpc) is 3.61. The molecule has 1 unspecified atom stereocenters. The highest BCUT2D eigenvalue weighted by molar-refractivity contribution is 9.10. The second-order valence-electron chi connectivity index (χ2n) is 14.6. The summed E-state index contributed by atoms with van der Waals surface area (Å²) in [5.41, 5.74) is -0.634. The molecule has 9 heteroatoms. The summed E-state index contributed by atoms with van der Waals surface area (Å²) in [5, 5.41) is 36.8. The van der Waals surface area contributed by atoms with Gasteiger partial charge in [-0.2, -0.15) is 0 Å². The van der Waals surface area contributed by atoms with Gasteiger partial charge in [0.05, 0.1) is 18.4 Å². The van der Waals surface area contributed by atoms with E-state index in [-0.39, 0.29) is 36.4 Å². The molecule has 5 aliphatic rings. The molecule has 2 saturated carbocycles. The summed E-state index contributed by atoms with van der Waals surface area (Å²) in [6, 6.07) is 15.5. The number of nitrogens with one attached hydrogen (secondary N) is 1. The smallest absolute Gasteiger partial charge is 0.318 e. The second kappa shape index (κ2) is 10.7. The number of aliphatic hydroxyl groups is 3. The predicted molar refractivity (Wildman–Crippen MR) is 173 cm³/mol. The van der Waals surface area contributed by atoms with E-state index in [9.17, 15) is 24.9 Å². The van der Waals surface area contributed by atoms with Crippen LogP contribution < -0.4 is 5.32 Å². The molecule has 2 aromatic carbocycles. The molecule has 3 aliphatic heterocycles. The first-order chi connectivity index (χ1) is 21.5. The number of carbonyl (C=O) groups excluding carboxylic acids is 2. The Kier molecular flexibility index (Phi) is 7.41. The van der Waals surface area contributed by atoms with Crippen molar-refractivity contribution in [3.8, 4) is 0 Å². The molecule has 45 heavy (non-hydrogen) atoms. The number of halogens is 1. The fourth-order valence-electron chi connectivity index (χ4n) is 10.6. The fraction of sp³-hybridized carbons (Fsp3) is 0.556. The quantitative estimate of drug-likeness (QED) is 0.266. The summed E-state index contributed by atoms with van der Waals surface area (Å²) >= 11 is 3.62. The van der Waals surface area contributed by atoms with Crippen LogP contribution in [0.15, 0.2) is 65.2 Å². The molecule has 1 amide bonds. The number of nitrogens with zero attached hydrogens (tertiary/aromatic N) is 1. The van der Waals surface area contributed by atoms with Crippen LogP contribution in [0.25, 0.3) is 0 Å². The van der Waals surface area contributed by atoms with Crippen LogP contribution >= 0.6 is 15.9 Å². The van der Waals surface area contributed by atoms with E-state index in [1.807, 2.05) is 55.5 Å². The zero-order valence-corrected chi connectivity index (χ0v) is 27.6. The van der Waals surface area contributed by atoms with Crippen LogP contribution in [0.2, 0.25) is 0 Å². The second-order valence-corrected chi connectivity index (χ2v) is 15.5. The predicted octanol–water partition coefficient (Wildman–Crippen LogP) is 4.76. The maximum absolute atomic E-state index is 14.6. The van der Waals surface area contributed by atoms with Crippen LogP contribution in [0.1, 0.15) is 57.1 Å². The summed E-state index contributed by atoms with van der Waals surface area (Å²) < 4.78 is 6.44. The van der Waals surface area contributed by atoms with E-state index >= 15 is 0 Å². The maximum atomic E-state index is 14.6. The summed E-state index contributed by atoms with van der Waals surface area (Å²) in [7, 11) is 0. The van der Waals surface area contributed by atoms with Gasteiger partial charge in [-0.25, -0.2) is 0 Å². The Hall–Kier alpha value is -2.56. The van der Waals surface area contributed by atoms with Crippen molar-refractivity contribution in [1.82, 2.24) is 4.90 Å². The molecule has 8 nitrogen and oxygen atoms in total. The number of hydrogen-bond acceptors (Lipinski definition) is 7. The Morgan fingerprint density at radius 1 is 1.07 bits per heavy atom. The van der Waals surface area contributed by atoms with Crippen LogP contribution in [0.4, 0.5) is 5.69 Å². The van der Waals surface area contributed by atoms with Gasteiger partial charge in [-0.15, -0.1) is 0 Å². The molecule has 4 fully saturated rings. The van der Waals surface area contributed by atoms with E-state index in [1.165, 1.54) is 0 Å². The lowest BCUT2D eigenvalue weighted by Gasteiger charge is -2.60. The van der Waals surface area contributed by atoms with Crippen molar-refractivity contribution < 1.29 is 29.6 Å². The van der Waals surface area contributed by atoms with Crippen molar-refractivity contribution in [2.24, 2.45) is 34.0 Å². The minimum atomic E-state index is -1.56. The number of rotatable bonds is 5. The number of allylic oxidation sites excluding steroid dienone is 1. The Morgan fingerprint density at radius 3 is 2.51 bits per heavy atom. The number of aliphatic hydroxyl groups excluding tert-OH is 3. The molecule has 0 aromatic heterocycles. The minimum absolute atomic E-state index is 0.0442. The number of likely N-dealkylation sites (tertiary alicyclic amines) is 1. The third-order valence-electron chi connectivity index (χ3n) is 12.8. The van der Waals surface area contributed by atoms with E-state index in [1.54, 1.807) is 0 Å². The zero-order chi connectivity index (χ0) is 31.9. The molecular weight excluding hydrogens is 636 g/mol. The van der Waals surface area contributed by atoms with Gasteiger partial charge in [0.1, 0.15) is 23.7 Å². The summed E-state index contributed by atoms with van der Waals surface area (Å²) in [6.45, 7) is 9.32. The van der Waals surface area contributed by atoms with Crippen molar-refractivity contribution in [1.29, 1.82) is 0 Å². The van der Waals surface area contributed by atoms with Crippen molar-refractivity contribution in [2.45, 2.75) is 70.2 Å². The molecule has 3 heterocycles. The van der Waals surface area contributed by atoms with Crippen LogP contribution in [0.3, 0.4) is 0 Å². The molecular formula is C36H43BrN2O6. The van der Waals surface area contributed by atoms with Gasteiger partial charge in [0, 0.05) is 28.5 Å². The van der Waals surface area contributed by atoms with Crippen molar-refractivity contribution >= 4 is 33.5 Å². The van der Waals surface area contributed by atoms with Gasteiger partial charge in [0.25, 0.3) is 5.91 Å². The monoisotopic (exact) mass is 678 g/mol. The van der Waals surface area contributed by atoms with Gasteiger partial charge in [-0.3, -0.25) is 14.5 Å². The van der Waals surface area contributed by atoms with Crippen LogP contribution in [0, 0.1) is 34.0 Å². The highest BCUT2D eigenvalue weighted by Gasteiger charge is 2.79. The number of hydrogen-bond donors (Lipinski definition) is 4. The van der Waals surface area contributed by atoms with Crippen LogP contribution in [0.5, 0.6) is 0 Å². The molecule has 2 spiro atoms. The van der Waals surface area contributed by atoms with E-state index < -0.39 is 40.5 Å². The Labute approximate surface area is 273 Å². The summed E-state index contributed by atoms with van der Waals surface area (Å²) in [5.74, 6) is -1.31. The highest BCUT2D eigenvalue weighted by atomic mass is 79.9. The van der Waals surface area contributed by atoms with Gasteiger partial charge in [-0.1, -0.05) is 68.5 Å². The Morgan fingerprint density at radius 2 is 1.82 bits per heavy atom. The average molecular weight is 680 g/mol. The van der Waals surface area contributed by atoms with E-state index in [0.717, 1.165) is 30.4 Å². The molecule has 0 bridgehead atoms. The largest absolute Gasteiger partial charge is 0.462 e. The lowest BCUT2D eigenvalue weighted by molar-refractivity contribution is -0.166. The number of cyclic esters (lactones) is 1. The fourth-order valence-corrected chi connectivity index (χ4v) is 11.1. The molecule has 2 saturated heterocycles. The third kappa shape index (κ3) is 3.97. The number of amides is 1. The van der Waals surface area contributed by atoms with Gasteiger partial charge < -0.3 is 25.4 Å². The van der Waals surface area contributed by atoms with Crippen LogP contribution in [-0.4, -0.2) is 64.1 Å².